The molecule has 1 aliphatic heterocycles. The summed E-state index contributed by atoms with van der Waals surface area (Å²) in [5.74, 6) is 0.836. The van der Waals surface area contributed by atoms with Gasteiger partial charge in [0.05, 0.1) is 0 Å². The minimum Gasteiger partial charge on any atom is -0.408 e. The number of anilines is 1. The molecule has 0 radical (unpaired) electrons. The van der Waals surface area contributed by atoms with Crippen LogP contribution in [0.4, 0.5) is 6.01 Å². The maximum absolute atomic E-state index is 12.4. The van der Waals surface area contributed by atoms with Crippen molar-refractivity contribution in [2.45, 2.75) is 31.7 Å². The number of hydrogen-bond acceptors (Lipinski definition) is 5. The zero-order valence-electron chi connectivity index (χ0n) is 11.6. The predicted molar refractivity (Wildman–Crippen MR) is 76.1 cm³/mol. The number of carbonyl (C=O) groups excluding carboxylic acids is 1. The molecule has 0 spiro atoms. The second kappa shape index (κ2) is 4.96. The van der Waals surface area contributed by atoms with E-state index in [1.807, 2.05) is 12.1 Å². The summed E-state index contributed by atoms with van der Waals surface area (Å²) in [5.41, 5.74) is 2.98. The lowest BCUT2D eigenvalue weighted by molar-refractivity contribution is 0.102. The molecule has 2 N–H and O–H groups in total. The van der Waals surface area contributed by atoms with Crippen LogP contribution in [0, 0.1) is 0 Å². The first-order valence-electron chi connectivity index (χ1n) is 7.27. The van der Waals surface area contributed by atoms with Crippen LogP contribution in [0.15, 0.2) is 22.6 Å². The van der Waals surface area contributed by atoms with Gasteiger partial charge in [0.1, 0.15) is 0 Å². The Morgan fingerprint density at radius 2 is 2.24 bits per heavy atom. The standard InChI is InChI=1S/C15H16N4O2/c20-13(17-15-19-18-14(21-15)9-4-5-9)12-3-1-2-10-8-16-7-6-11(10)12/h1-3,9,16H,4-8H2,(H,17,19,20). The fourth-order valence-corrected chi connectivity index (χ4v) is 2.69. The summed E-state index contributed by atoms with van der Waals surface area (Å²) in [6.45, 7) is 1.70. The van der Waals surface area contributed by atoms with E-state index in [0.29, 0.717) is 17.4 Å². The first-order chi connectivity index (χ1) is 10.3. The Kier molecular flexibility index (Phi) is 2.96. The minimum absolute atomic E-state index is 0.181. The fourth-order valence-electron chi connectivity index (χ4n) is 2.69. The van der Waals surface area contributed by atoms with Crippen LogP contribution in [0.1, 0.15) is 46.1 Å². The minimum atomic E-state index is -0.181. The van der Waals surface area contributed by atoms with Gasteiger partial charge in [-0.2, -0.15) is 0 Å². The monoisotopic (exact) mass is 284 g/mol. The van der Waals surface area contributed by atoms with Gasteiger partial charge in [-0.1, -0.05) is 17.2 Å². The van der Waals surface area contributed by atoms with Crippen LogP contribution >= 0.6 is 0 Å². The molecule has 2 aromatic rings. The third-order valence-electron chi connectivity index (χ3n) is 3.97. The molecule has 6 heteroatoms. The predicted octanol–water partition coefficient (Wildman–Crippen LogP) is 1.84. The Bertz CT molecular complexity index is 691. The average Bonchev–Trinajstić information content (AvgIpc) is 3.27. The van der Waals surface area contributed by atoms with Gasteiger partial charge in [0.2, 0.25) is 5.89 Å². The van der Waals surface area contributed by atoms with Gasteiger partial charge in [-0.25, -0.2) is 0 Å². The van der Waals surface area contributed by atoms with Gasteiger partial charge in [0, 0.05) is 18.0 Å². The fraction of sp³-hybridized carbons (Fsp3) is 0.400. The van der Waals surface area contributed by atoms with Crippen molar-refractivity contribution in [3.63, 3.8) is 0 Å². The van der Waals surface area contributed by atoms with Crippen LogP contribution < -0.4 is 10.6 Å². The molecule has 108 valence electrons. The number of carbonyl (C=O) groups is 1. The average molecular weight is 284 g/mol. The smallest absolute Gasteiger partial charge is 0.322 e. The van der Waals surface area contributed by atoms with Crippen LogP contribution in [-0.4, -0.2) is 22.6 Å². The second-order valence-electron chi connectivity index (χ2n) is 5.54. The van der Waals surface area contributed by atoms with Gasteiger partial charge in [0.15, 0.2) is 0 Å². The zero-order valence-corrected chi connectivity index (χ0v) is 11.6. The number of fused-ring (bicyclic) bond motifs is 1. The maximum atomic E-state index is 12.4. The molecule has 2 heterocycles. The van der Waals surface area contributed by atoms with Gasteiger partial charge in [0.25, 0.3) is 5.91 Å². The summed E-state index contributed by atoms with van der Waals surface area (Å²) in [6, 6.07) is 5.99. The Morgan fingerprint density at radius 1 is 1.33 bits per heavy atom. The van der Waals surface area contributed by atoms with Crippen molar-refractivity contribution >= 4 is 11.9 Å². The van der Waals surface area contributed by atoms with Crippen LogP contribution in [0.5, 0.6) is 0 Å². The van der Waals surface area contributed by atoms with Crippen molar-refractivity contribution in [3.05, 3.63) is 40.8 Å². The molecular weight excluding hydrogens is 268 g/mol. The van der Waals surface area contributed by atoms with Gasteiger partial charge in [-0.05, 0) is 43.0 Å². The van der Waals surface area contributed by atoms with E-state index in [1.54, 1.807) is 0 Å². The Morgan fingerprint density at radius 3 is 3.10 bits per heavy atom. The summed E-state index contributed by atoms with van der Waals surface area (Å²) < 4.78 is 5.48. The summed E-state index contributed by atoms with van der Waals surface area (Å²) in [6.07, 6.45) is 3.04. The van der Waals surface area contributed by atoms with Crippen LogP contribution in [0.25, 0.3) is 0 Å². The van der Waals surface area contributed by atoms with Gasteiger partial charge in [-0.15, -0.1) is 5.10 Å². The molecule has 1 amide bonds. The Labute approximate surface area is 121 Å². The highest BCUT2D eigenvalue weighted by molar-refractivity contribution is 6.04. The summed E-state index contributed by atoms with van der Waals surface area (Å²) >= 11 is 0. The molecule has 6 nitrogen and oxygen atoms in total. The Hall–Kier alpha value is -2.21. The molecule has 0 atom stereocenters. The molecule has 1 aromatic carbocycles. The normalized spacial score (nSPS) is 17.3. The Balaban J connectivity index is 1.56. The SMILES string of the molecule is O=C(Nc1nnc(C2CC2)o1)c1cccc2c1CCNC2. The molecule has 0 bridgehead atoms. The molecule has 1 aliphatic carbocycles. The van der Waals surface area contributed by atoms with Gasteiger partial charge in [-0.3, -0.25) is 10.1 Å². The topological polar surface area (TPSA) is 80.1 Å². The number of amides is 1. The second-order valence-corrected chi connectivity index (χ2v) is 5.54. The number of benzene rings is 1. The van der Waals surface area contributed by atoms with E-state index < -0.39 is 0 Å². The highest BCUT2D eigenvalue weighted by Gasteiger charge is 2.29. The molecular formula is C15H16N4O2. The molecule has 21 heavy (non-hydrogen) atoms. The first-order valence-corrected chi connectivity index (χ1v) is 7.27. The van der Waals surface area contributed by atoms with E-state index >= 15 is 0 Å². The highest BCUT2D eigenvalue weighted by Crippen LogP contribution is 2.39. The van der Waals surface area contributed by atoms with Crippen molar-refractivity contribution in [1.29, 1.82) is 0 Å². The van der Waals surface area contributed by atoms with Crippen LogP contribution in [0.3, 0.4) is 0 Å². The van der Waals surface area contributed by atoms with Crippen molar-refractivity contribution in [3.8, 4) is 0 Å². The number of nitrogens with zero attached hydrogens (tertiary/aromatic N) is 2. The molecule has 0 saturated heterocycles. The van der Waals surface area contributed by atoms with Crippen LogP contribution in [0.2, 0.25) is 0 Å². The molecule has 1 saturated carbocycles. The molecule has 0 unspecified atom stereocenters. The van der Waals surface area contributed by atoms with E-state index in [4.69, 9.17) is 4.42 Å². The van der Waals surface area contributed by atoms with Crippen molar-refractivity contribution < 1.29 is 9.21 Å². The zero-order chi connectivity index (χ0) is 14.2. The van der Waals surface area contributed by atoms with Crippen molar-refractivity contribution in [1.82, 2.24) is 15.5 Å². The molecule has 1 aromatic heterocycles. The quantitative estimate of drug-likeness (QED) is 0.899. The molecule has 2 aliphatic rings. The summed E-state index contributed by atoms with van der Waals surface area (Å²) in [4.78, 5) is 12.4. The van der Waals surface area contributed by atoms with E-state index in [0.717, 1.165) is 37.9 Å². The molecule has 4 rings (SSSR count). The van der Waals surface area contributed by atoms with Crippen LogP contribution in [-0.2, 0) is 13.0 Å². The first kappa shape index (κ1) is 12.5. The van der Waals surface area contributed by atoms with Gasteiger partial charge < -0.3 is 9.73 Å². The number of hydrogen-bond donors (Lipinski definition) is 2. The van der Waals surface area contributed by atoms with E-state index in [2.05, 4.69) is 26.9 Å². The van der Waals surface area contributed by atoms with E-state index in [1.165, 1.54) is 5.56 Å². The third kappa shape index (κ3) is 2.42. The number of rotatable bonds is 3. The number of nitrogens with one attached hydrogen (secondary N) is 2. The maximum Gasteiger partial charge on any atom is 0.322 e. The highest BCUT2D eigenvalue weighted by atomic mass is 16.4. The van der Waals surface area contributed by atoms with E-state index in [-0.39, 0.29) is 11.9 Å². The lowest BCUT2D eigenvalue weighted by Gasteiger charge is -2.19. The lowest BCUT2D eigenvalue weighted by atomic mass is 9.95. The third-order valence-corrected chi connectivity index (χ3v) is 3.97. The van der Waals surface area contributed by atoms with E-state index in [9.17, 15) is 4.79 Å². The summed E-state index contributed by atoms with van der Waals surface area (Å²) in [7, 11) is 0. The molecule has 1 fully saturated rings. The largest absolute Gasteiger partial charge is 0.408 e. The summed E-state index contributed by atoms with van der Waals surface area (Å²) in [5, 5.41) is 13.9. The van der Waals surface area contributed by atoms with Crippen molar-refractivity contribution in [2.24, 2.45) is 0 Å². The van der Waals surface area contributed by atoms with Gasteiger partial charge >= 0.3 is 6.01 Å². The lowest BCUT2D eigenvalue weighted by Crippen LogP contribution is -2.26. The number of aromatic nitrogens is 2. The van der Waals surface area contributed by atoms with Crippen molar-refractivity contribution in [2.75, 3.05) is 11.9 Å².